The lowest BCUT2D eigenvalue weighted by atomic mass is 10.1. The van der Waals surface area contributed by atoms with Gasteiger partial charge in [0.15, 0.2) is 0 Å². The highest BCUT2D eigenvalue weighted by molar-refractivity contribution is 6.13. The first kappa shape index (κ1) is 21.1. The summed E-state index contributed by atoms with van der Waals surface area (Å²) in [5, 5.41) is 13.9. The summed E-state index contributed by atoms with van der Waals surface area (Å²) in [6.45, 7) is 6.92. The molecule has 0 atom stereocenters. The topological polar surface area (TPSA) is 162 Å². The number of pyridine rings is 1. The SMILES string of the molecule is C/C(=C/C(=N)NC(=O)c1cnc(N2CCNCC2)c(/C=C\N)c1N)c1nc(C)c[nH]1. The Kier molecular flexibility index (Phi) is 6.48. The molecule has 3 rings (SSSR count). The molecule has 0 aliphatic carbocycles. The monoisotopic (exact) mass is 409 g/mol. The number of amides is 1. The second-order valence-corrected chi connectivity index (χ2v) is 7.00. The number of carbonyl (C=O) groups excluding carboxylic acids is 1. The van der Waals surface area contributed by atoms with E-state index in [1.807, 2.05) is 6.92 Å². The Morgan fingerprint density at radius 2 is 2.10 bits per heavy atom. The van der Waals surface area contributed by atoms with Crippen molar-refractivity contribution in [3.63, 3.8) is 0 Å². The molecule has 158 valence electrons. The number of nitrogen functional groups attached to an aromatic ring is 1. The summed E-state index contributed by atoms with van der Waals surface area (Å²) in [5.41, 5.74) is 14.5. The number of nitrogens with one attached hydrogen (secondary N) is 4. The molecule has 2 aromatic rings. The maximum Gasteiger partial charge on any atom is 0.260 e. The van der Waals surface area contributed by atoms with Crippen LogP contribution in [0.5, 0.6) is 0 Å². The molecule has 1 aliphatic rings. The summed E-state index contributed by atoms with van der Waals surface area (Å²) in [5.74, 6) is 0.742. The Morgan fingerprint density at radius 1 is 1.37 bits per heavy atom. The van der Waals surface area contributed by atoms with Gasteiger partial charge in [0.1, 0.15) is 17.5 Å². The normalized spacial score (nSPS) is 14.9. The molecule has 10 nitrogen and oxygen atoms in total. The average Bonchev–Trinajstić information content (AvgIpc) is 3.16. The van der Waals surface area contributed by atoms with Gasteiger partial charge in [0.05, 0.1) is 16.9 Å². The van der Waals surface area contributed by atoms with Crippen molar-refractivity contribution in [3.8, 4) is 0 Å². The molecule has 1 saturated heterocycles. The largest absolute Gasteiger partial charge is 0.405 e. The third kappa shape index (κ3) is 4.66. The standard InChI is InChI=1S/C20H27N9O/c1-12(18-25-10-13(2)27-18)9-16(22)28-20(30)15-11-26-19(14(3-4-21)17(15)23)29-7-5-24-6-8-29/h3-4,9-11,24H,5-8,21H2,1-2H3,(H2,23,26)(H,25,27)(H2,22,28,30)/b4-3-,12-9-. The van der Waals surface area contributed by atoms with Crippen molar-refractivity contribution in [2.45, 2.75) is 13.8 Å². The molecule has 2 aromatic heterocycles. The van der Waals surface area contributed by atoms with Crippen LogP contribution in [-0.4, -0.2) is 52.9 Å². The molecule has 1 amide bonds. The van der Waals surface area contributed by atoms with E-state index in [9.17, 15) is 4.79 Å². The number of aromatic nitrogens is 3. The number of rotatable bonds is 5. The minimum atomic E-state index is -0.511. The molecular formula is C20H27N9O. The van der Waals surface area contributed by atoms with Gasteiger partial charge in [-0.3, -0.25) is 10.2 Å². The molecule has 1 aliphatic heterocycles. The molecule has 8 N–H and O–H groups in total. The van der Waals surface area contributed by atoms with Gasteiger partial charge < -0.3 is 32.0 Å². The van der Waals surface area contributed by atoms with Gasteiger partial charge in [0.2, 0.25) is 0 Å². The van der Waals surface area contributed by atoms with Crippen molar-refractivity contribution in [2.75, 3.05) is 36.8 Å². The second kappa shape index (κ2) is 9.23. The van der Waals surface area contributed by atoms with Crippen molar-refractivity contribution in [1.82, 2.24) is 25.6 Å². The van der Waals surface area contributed by atoms with Gasteiger partial charge in [0, 0.05) is 44.1 Å². The highest BCUT2D eigenvalue weighted by Crippen LogP contribution is 2.28. The number of aromatic amines is 1. The predicted octanol–water partition coefficient (Wildman–Crippen LogP) is 0.845. The minimum absolute atomic E-state index is 0.0759. The summed E-state index contributed by atoms with van der Waals surface area (Å²) in [7, 11) is 0. The highest BCUT2D eigenvalue weighted by Gasteiger charge is 2.21. The molecule has 0 spiro atoms. The smallest absolute Gasteiger partial charge is 0.260 e. The maximum absolute atomic E-state index is 12.7. The van der Waals surface area contributed by atoms with E-state index in [2.05, 4.69) is 30.5 Å². The number of nitrogens with zero attached hydrogens (tertiary/aromatic N) is 3. The first-order chi connectivity index (χ1) is 14.4. The van der Waals surface area contributed by atoms with E-state index in [-0.39, 0.29) is 17.1 Å². The van der Waals surface area contributed by atoms with Crippen molar-refractivity contribution < 1.29 is 4.79 Å². The number of anilines is 2. The fourth-order valence-electron chi connectivity index (χ4n) is 3.23. The zero-order valence-electron chi connectivity index (χ0n) is 17.1. The Labute approximate surface area is 175 Å². The van der Waals surface area contributed by atoms with Crippen LogP contribution >= 0.6 is 0 Å². The molecule has 10 heteroatoms. The summed E-state index contributed by atoms with van der Waals surface area (Å²) in [6.07, 6.45) is 7.75. The zero-order valence-corrected chi connectivity index (χ0v) is 17.1. The first-order valence-electron chi connectivity index (χ1n) is 9.63. The molecule has 0 radical (unpaired) electrons. The van der Waals surface area contributed by atoms with E-state index >= 15 is 0 Å². The number of aryl methyl sites for hydroxylation is 1. The summed E-state index contributed by atoms with van der Waals surface area (Å²) in [6, 6.07) is 0. The quantitative estimate of drug-likeness (QED) is 0.315. The van der Waals surface area contributed by atoms with E-state index in [0.29, 0.717) is 17.2 Å². The third-order valence-electron chi connectivity index (χ3n) is 4.75. The number of imidazole rings is 1. The average molecular weight is 409 g/mol. The summed E-state index contributed by atoms with van der Waals surface area (Å²) in [4.78, 5) is 26.6. The van der Waals surface area contributed by atoms with Crippen molar-refractivity contribution >= 4 is 34.9 Å². The fourth-order valence-corrected chi connectivity index (χ4v) is 3.23. The van der Waals surface area contributed by atoms with Crippen LogP contribution in [0.2, 0.25) is 0 Å². The first-order valence-corrected chi connectivity index (χ1v) is 9.63. The number of amidine groups is 1. The van der Waals surface area contributed by atoms with Crippen LogP contribution in [0.25, 0.3) is 11.6 Å². The summed E-state index contributed by atoms with van der Waals surface area (Å²) < 4.78 is 0. The lowest BCUT2D eigenvalue weighted by Gasteiger charge is -2.30. The Hall–Kier alpha value is -3.66. The van der Waals surface area contributed by atoms with Gasteiger partial charge in [0.25, 0.3) is 5.91 Å². The third-order valence-corrected chi connectivity index (χ3v) is 4.75. The number of H-pyrrole nitrogens is 1. The second-order valence-electron chi connectivity index (χ2n) is 7.00. The molecule has 1 fully saturated rings. The zero-order chi connectivity index (χ0) is 21.7. The van der Waals surface area contributed by atoms with Crippen LogP contribution in [0, 0.1) is 12.3 Å². The van der Waals surface area contributed by atoms with Gasteiger partial charge in [-0.15, -0.1) is 0 Å². The molecule has 3 heterocycles. The van der Waals surface area contributed by atoms with Crippen LogP contribution in [0.15, 0.2) is 24.7 Å². The van der Waals surface area contributed by atoms with E-state index in [4.69, 9.17) is 16.9 Å². The van der Waals surface area contributed by atoms with Crippen LogP contribution in [0.4, 0.5) is 11.5 Å². The molecular weight excluding hydrogens is 382 g/mol. The van der Waals surface area contributed by atoms with Crippen LogP contribution in [0.1, 0.15) is 34.4 Å². The molecule has 30 heavy (non-hydrogen) atoms. The number of hydrogen-bond donors (Lipinski definition) is 6. The van der Waals surface area contributed by atoms with Gasteiger partial charge >= 0.3 is 0 Å². The highest BCUT2D eigenvalue weighted by atomic mass is 16.1. The molecule has 0 saturated carbocycles. The van der Waals surface area contributed by atoms with Gasteiger partial charge in [-0.05, 0) is 37.8 Å². The maximum atomic E-state index is 12.7. The van der Waals surface area contributed by atoms with Gasteiger partial charge in [-0.1, -0.05) is 0 Å². The van der Waals surface area contributed by atoms with Crippen molar-refractivity contribution in [1.29, 1.82) is 5.41 Å². The number of piperazine rings is 1. The molecule has 0 aromatic carbocycles. The predicted molar refractivity (Wildman–Crippen MR) is 119 cm³/mol. The van der Waals surface area contributed by atoms with Crippen molar-refractivity contribution in [3.05, 3.63) is 47.3 Å². The van der Waals surface area contributed by atoms with Gasteiger partial charge in [-0.2, -0.15) is 0 Å². The van der Waals surface area contributed by atoms with E-state index in [0.717, 1.165) is 37.4 Å². The van der Waals surface area contributed by atoms with Gasteiger partial charge in [-0.25, -0.2) is 9.97 Å². The Balaban J connectivity index is 1.81. The van der Waals surface area contributed by atoms with E-state index in [1.165, 1.54) is 18.5 Å². The fraction of sp³-hybridized carbons (Fsp3) is 0.300. The van der Waals surface area contributed by atoms with Crippen LogP contribution in [-0.2, 0) is 0 Å². The number of carbonyl (C=O) groups is 1. The van der Waals surface area contributed by atoms with Crippen LogP contribution in [0.3, 0.4) is 0 Å². The van der Waals surface area contributed by atoms with E-state index in [1.54, 1.807) is 19.2 Å². The molecule has 0 bridgehead atoms. The minimum Gasteiger partial charge on any atom is -0.405 e. The van der Waals surface area contributed by atoms with Crippen molar-refractivity contribution in [2.24, 2.45) is 5.73 Å². The van der Waals surface area contributed by atoms with E-state index < -0.39 is 5.91 Å². The van der Waals surface area contributed by atoms with Crippen LogP contribution < -0.4 is 27.0 Å². The molecule has 0 unspecified atom stereocenters. The number of allylic oxidation sites excluding steroid dienone is 1. The number of nitrogens with two attached hydrogens (primary N) is 2. The lowest BCUT2D eigenvalue weighted by Crippen LogP contribution is -2.44. The Morgan fingerprint density at radius 3 is 2.73 bits per heavy atom. The summed E-state index contributed by atoms with van der Waals surface area (Å²) >= 11 is 0. The lowest BCUT2D eigenvalue weighted by molar-refractivity contribution is 0.0977. The Bertz CT molecular complexity index is 1000. The number of hydrogen-bond acceptors (Lipinski definition) is 8.